The van der Waals surface area contributed by atoms with Crippen LogP contribution in [0.2, 0.25) is 0 Å². The predicted molar refractivity (Wildman–Crippen MR) is 118 cm³/mol. The zero-order chi connectivity index (χ0) is 25.8. The molecule has 1 fully saturated rings. The lowest BCUT2D eigenvalue weighted by molar-refractivity contribution is -0.141. The third-order valence-corrected chi connectivity index (χ3v) is 5.78. The molecule has 35 heavy (non-hydrogen) atoms. The molecule has 0 aliphatic carbocycles. The van der Waals surface area contributed by atoms with E-state index in [2.05, 4.69) is 5.32 Å². The van der Waals surface area contributed by atoms with E-state index >= 15 is 0 Å². The maximum Gasteiger partial charge on any atom is 0.416 e. The van der Waals surface area contributed by atoms with Gasteiger partial charge < -0.3 is 20.7 Å². The van der Waals surface area contributed by atoms with Gasteiger partial charge in [-0.1, -0.05) is 36.4 Å². The van der Waals surface area contributed by atoms with Crippen molar-refractivity contribution in [1.82, 2.24) is 10.2 Å². The van der Waals surface area contributed by atoms with Gasteiger partial charge in [0.25, 0.3) is 5.91 Å². The molecule has 0 radical (unpaired) electrons. The summed E-state index contributed by atoms with van der Waals surface area (Å²) in [6, 6.07) is 9.52. The van der Waals surface area contributed by atoms with Crippen molar-refractivity contribution in [1.29, 1.82) is 0 Å². The van der Waals surface area contributed by atoms with Gasteiger partial charge in [0.05, 0.1) is 19.2 Å². The third kappa shape index (κ3) is 5.97. The number of hydrogen-bond acceptors (Lipinski definition) is 5. The second-order valence-corrected chi connectivity index (χ2v) is 8.04. The summed E-state index contributed by atoms with van der Waals surface area (Å²) in [4.78, 5) is 50.6. The maximum absolute atomic E-state index is 13.6. The Hall–Kier alpha value is -3.89. The molecule has 0 saturated carbocycles. The van der Waals surface area contributed by atoms with E-state index in [9.17, 15) is 32.3 Å². The molecule has 3 amide bonds. The van der Waals surface area contributed by atoms with Crippen molar-refractivity contribution < 1.29 is 37.1 Å². The third-order valence-electron chi connectivity index (χ3n) is 5.78. The van der Waals surface area contributed by atoms with Crippen LogP contribution in [0.5, 0.6) is 5.75 Å². The fourth-order valence-corrected chi connectivity index (χ4v) is 4.06. The van der Waals surface area contributed by atoms with E-state index in [0.29, 0.717) is 5.56 Å². The van der Waals surface area contributed by atoms with Gasteiger partial charge in [-0.05, 0) is 24.1 Å². The zero-order valence-electron chi connectivity index (χ0n) is 18.8. The number of carbonyl (C=O) groups excluding carboxylic acids is 4. The molecule has 1 unspecified atom stereocenters. The first kappa shape index (κ1) is 25.7. The van der Waals surface area contributed by atoms with Gasteiger partial charge in [-0.15, -0.1) is 0 Å². The molecule has 1 aliphatic heterocycles. The van der Waals surface area contributed by atoms with Crippen LogP contribution in [0.15, 0.2) is 48.5 Å². The number of nitrogens with two attached hydrogens (primary N) is 1. The molecule has 0 spiro atoms. The molecule has 186 valence electrons. The quantitative estimate of drug-likeness (QED) is 0.520. The van der Waals surface area contributed by atoms with Gasteiger partial charge >= 0.3 is 6.18 Å². The first-order valence-corrected chi connectivity index (χ1v) is 10.7. The summed E-state index contributed by atoms with van der Waals surface area (Å²) < 4.78 is 45.9. The van der Waals surface area contributed by atoms with Gasteiger partial charge in [0.1, 0.15) is 17.8 Å². The lowest BCUT2D eigenvalue weighted by atomic mass is 10.0. The van der Waals surface area contributed by atoms with Crippen molar-refractivity contribution in [2.24, 2.45) is 5.73 Å². The largest absolute Gasteiger partial charge is 0.496 e. The molecule has 0 bridgehead atoms. The van der Waals surface area contributed by atoms with E-state index in [4.69, 9.17) is 10.5 Å². The van der Waals surface area contributed by atoms with Crippen molar-refractivity contribution >= 4 is 23.5 Å². The van der Waals surface area contributed by atoms with Crippen molar-refractivity contribution in [3.05, 3.63) is 65.2 Å². The molecule has 1 aliphatic rings. The highest BCUT2D eigenvalue weighted by molar-refractivity contribution is 6.38. The molecule has 1 heterocycles. The van der Waals surface area contributed by atoms with Gasteiger partial charge in [0, 0.05) is 18.4 Å². The number of methoxy groups -OCH3 is 1. The molecular formula is C24H24F3N3O5. The number of Topliss-reactive ketones (excluding diaryl/α,β-unsaturated/α-hetero) is 1. The lowest BCUT2D eigenvalue weighted by Crippen LogP contribution is -2.53. The molecule has 0 aromatic heterocycles. The molecule has 8 nitrogen and oxygen atoms in total. The molecule has 1 saturated heterocycles. The number of benzene rings is 2. The summed E-state index contributed by atoms with van der Waals surface area (Å²) in [5.74, 6) is -3.64. The van der Waals surface area contributed by atoms with Crippen LogP contribution in [0.1, 0.15) is 29.5 Å². The van der Waals surface area contributed by atoms with Gasteiger partial charge in [0.2, 0.25) is 17.6 Å². The molecular weight excluding hydrogens is 467 g/mol. The number of likely N-dealkylation sites (tertiary alicyclic amines) is 1. The normalized spacial score (nSPS) is 16.6. The van der Waals surface area contributed by atoms with E-state index in [1.54, 1.807) is 30.3 Å². The van der Waals surface area contributed by atoms with Crippen LogP contribution in [-0.4, -0.2) is 47.6 Å². The summed E-state index contributed by atoms with van der Waals surface area (Å²) in [5.41, 5.74) is 4.51. The van der Waals surface area contributed by atoms with Crippen LogP contribution < -0.4 is 15.8 Å². The van der Waals surface area contributed by atoms with Crippen LogP contribution in [0.4, 0.5) is 13.2 Å². The van der Waals surface area contributed by atoms with Crippen molar-refractivity contribution in [2.75, 3.05) is 7.11 Å². The van der Waals surface area contributed by atoms with Gasteiger partial charge in [-0.3, -0.25) is 19.2 Å². The monoisotopic (exact) mass is 491 g/mol. The SMILES string of the molecule is COc1cccc(C(F)(F)F)c1CN1C(=O)CC[C@H]1C(=O)NC(Cc1ccccc1)C(=O)C(N)=O. The molecule has 3 N–H and O–H groups in total. The fourth-order valence-electron chi connectivity index (χ4n) is 4.06. The highest BCUT2D eigenvalue weighted by Gasteiger charge is 2.41. The maximum atomic E-state index is 13.6. The number of halogens is 3. The standard InChI is InChI=1S/C24H24F3N3O5/c1-35-19-9-5-8-16(24(25,26)27)15(19)13-30-18(10-11-20(30)31)23(34)29-17(21(32)22(28)33)12-14-6-3-2-4-7-14/h2-9,17-18H,10-13H2,1H3,(H2,28,33)(H,29,34)/t17?,18-/m0/s1. The second-order valence-electron chi connectivity index (χ2n) is 8.04. The highest BCUT2D eigenvalue weighted by Crippen LogP contribution is 2.37. The van der Waals surface area contributed by atoms with Gasteiger partial charge in [-0.2, -0.15) is 13.2 Å². The fraction of sp³-hybridized carbons (Fsp3) is 0.333. The Labute approximate surface area is 199 Å². The Morgan fingerprint density at radius 1 is 1.14 bits per heavy atom. The predicted octanol–water partition coefficient (Wildman–Crippen LogP) is 1.99. The highest BCUT2D eigenvalue weighted by atomic mass is 19.4. The van der Waals surface area contributed by atoms with Crippen LogP contribution in [0.3, 0.4) is 0 Å². The minimum atomic E-state index is -4.71. The second kappa shape index (κ2) is 10.6. The number of ketones is 1. The van der Waals surface area contributed by atoms with Gasteiger partial charge in [0.15, 0.2) is 0 Å². The average Bonchev–Trinajstić information content (AvgIpc) is 3.18. The number of amides is 3. The van der Waals surface area contributed by atoms with Crippen LogP contribution >= 0.6 is 0 Å². The summed E-state index contributed by atoms with van der Waals surface area (Å²) >= 11 is 0. The Kier molecular flexibility index (Phi) is 7.78. The van der Waals surface area contributed by atoms with Crippen LogP contribution in [0, 0.1) is 0 Å². The Bertz CT molecular complexity index is 1120. The Balaban J connectivity index is 1.86. The Morgan fingerprint density at radius 2 is 1.83 bits per heavy atom. The number of carbonyl (C=O) groups is 4. The minimum absolute atomic E-state index is 0.0280. The van der Waals surface area contributed by atoms with E-state index in [0.717, 1.165) is 11.0 Å². The minimum Gasteiger partial charge on any atom is -0.496 e. The van der Waals surface area contributed by atoms with E-state index in [1.807, 2.05) is 0 Å². The van der Waals surface area contributed by atoms with Crippen molar-refractivity contribution in [2.45, 2.75) is 44.1 Å². The van der Waals surface area contributed by atoms with E-state index < -0.39 is 53.9 Å². The number of hydrogen-bond donors (Lipinski definition) is 2. The molecule has 11 heteroatoms. The number of nitrogens with one attached hydrogen (secondary N) is 1. The first-order valence-electron chi connectivity index (χ1n) is 10.7. The summed E-state index contributed by atoms with van der Waals surface area (Å²) in [5, 5.41) is 2.46. The topological polar surface area (TPSA) is 119 Å². The van der Waals surface area contributed by atoms with Crippen molar-refractivity contribution in [3.8, 4) is 5.75 Å². The van der Waals surface area contributed by atoms with E-state index in [1.165, 1.54) is 19.2 Å². The molecule has 2 aromatic rings. The molecule has 2 atom stereocenters. The van der Waals surface area contributed by atoms with Gasteiger partial charge in [-0.25, -0.2) is 0 Å². The van der Waals surface area contributed by atoms with Crippen LogP contribution in [0.25, 0.3) is 0 Å². The number of nitrogens with zero attached hydrogens (tertiary/aromatic N) is 1. The lowest BCUT2D eigenvalue weighted by Gasteiger charge is -2.28. The zero-order valence-corrected chi connectivity index (χ0v) is 18.8. The molecule has 3 rings (SSSR count). The van der Waals surface area contributed by atoms with Crippen LogP contribution in [-0.2, 0) is 38.3 Å². The number of rotatable bonds is 9. The summed E-state index contributed by atoms with van der Waals surface area (Å²) in [6.07, 6.45) is -4.77. The van der Waals surface area contributed by atoms with E-state index in [-0.39, 0.29) is 30.6 Å². The smallest absolute Gasteiger partial charge is 0.416 e. The number of primary amides is 1. The number of ether oxygens (including phenoxy) is 1. The number of alkyl halides is 3. The Morgan fingerprint density at radius 3 is 2.43 bits per heavy atom. The molecule has 2 aromatic carbocycles. The summed E-state index contributed by atoms with van der Waals surface area (Å²) in [6.45, 7) is -0.525. The van der Waals surface area contributed by atoms with Crippen molar-refractivity contribution in [3.63, 3.8) is 0 Å². The first-order chi connectivity index (χ1) is 16.5. The summed E-state index contributed by atoms with van der Waals surface area (Å²) in [7, 11) is 1.21. The average molecular weight is 491 g/mol.